The van der Waals surface area contributed by atoms with Crippen molar-refractivity contribution in [2.45, 2.75) is 36.1 Å². The van der Waals surface area contributed by atoms with Crippen LogP contribution in [0, 0.1) is 11.8 Å². The number of benzene rings is 1. The number of piperidine rings is 1. The SMILES string of the molecule is COc1ccc2nccc([C@@H](F)CC[C@@H]3CCN(CCCSc4cccs4)C[C@@H]3C(=O)O)c2c1. The lowest BCUT2D eigenvalue weighted by Gasteiger charge is -2.36. The molecule has 2 aromatic heterocycles. The summed E-state index contributed by atoms with van der Waals surface area (Å²) in [4.78, 5) is 18.6. The molecule has 1 aliphatic rings. The van der Waals surface area contributed by atoms with Crippen molar-refractivity contribution in [1.29, 1.82) is 0 Å². The Morgan fingerprint density at radius 2 is 2.26 bits per heavy atom. The average Bonchev–Trinajstić information content (AvgIpc) is 3.38. The van der Waals surface area contributed by atoms with Gasteiger partial charge in [-0.05, 0) is 86.0 Å². The fourth-order valence-corrected chi connectivity index (χ4v) is 6.55. The van der Waals surface area contributed by atoms with Crippen LogP contribution in [0.5, 0.6) is 5.75 Å². The zero-order chi connectivity index (χ0) is 23.9. The number of rotatable bonds is 11. The summed E-state index contributed by atoms with van der Waals surface area (Å²) in [5.74, 6) is 0.486. The molecule has 34 heavy (non-hydrogen) atoms. The minimum atomic E-state index is -1.17. The van der Waals surface area contributed by atoms with Crippen LogP contribution in [0.2, 0.25) is 0 Å². The largest absolute Gasteiger partial charge is 0.497 e. The lowest BCUT2D eigenvalue weighted by Crippen LogP contribution is -2.44. The van der Waals surface area contributed by atoms with E-state index in [0.717, 1.165) is 42.6 Å². The van der Waals surface area contributed by atoms with Gasteiger partial charge >= 0.3 is 5.97 Å². The minimum Gasteiger partial charge on any atom is -0.497 e. The molecule has 3 aromatic rings. The highest BCUT2D eigenvalue weighted by Gasteiger charge is 2.34. The molecule has 0 saturated carbocycles. The van der Waals surface area contributed by atoms with Gasteiger partial charge in [-0.15, -0.1) is 23.1 Å². The van der Waals surface area contributed by atoms with Crippen LogP contribution in [0.1, 0.15) is 37.4 Å². The number of methoxy groups -OCH3 is 1. The number of thiophene rings is 1. The second kappa shape index (κ2) is 12.0. The van der Waals surface area contributed by atoms with E-state index in [2.05, 4.69) is 27.4 Å². The van der Waals surface area contributed by atoms with E-state index in [9.17, 15) is 9.90 Å². The number of fused-ring (bicyclic) bond motifs is 1. The summed E-state index contributed by atoms with van der Waals surface area (Å²) in [5, 5.41) is 12.7. The number of alkyl halides is 1. The molecule has 1 fully saturated rings. The van der Waals surface area contributed by atoms with Crippen molar-refractivity contribution in [1.82, 2.24) is 9.88 Å². The number of carboxylic acid groups (broad SMARTS) is 1. The van der Waals surface area contributed by atoms with Crippen LogP contribution in [-0.4, -0.2) is 53.5 Å². The monoisotopic (exact) mass is 502 g/mol. The molecule has 0 spiro atoms. The first-order chi connectivity index (χ1) is 16.5. The van der Waals surface area contributed by atoms with Crippen LogP contribution in [0.15, 0.2) is 52.2 Å². The Kier molecular flexibility index (Phi) is 8.80. The summed E-state index contributed by atoms with van der Waals surface area (Å²) < 4.78 is 22.0. The second-order valence-electron chi connectivity index (χ2n) is 8.76. The zero-order valence-corrected chi connectivity index (χ0v) is 21.0. The Labute approximate surface area is 208 Å². The molecule has 182 valence electrons. The first-order valence-electron chi connectivity index (χ1n) is 11.7. The number of hydrogen-bond donors (Lipinski definition) is 1. The minimum absolute atomic E-state index is 0.00451. The predicted molar refractivity (Wildman–Crippen MR) is 137 cm³/mol. The van der Waals surface area contributed by atoms with E-state index in [0.29, 0.717) is 30.7 Å². The number of ether oxygens (including phenoxy) is 1. The summed E-state index contributed by atoms with van der Waals surface area (Å²) in [6.45, 7) is 2.34. The molecule has 1 aliphatic heterocycles. The summed E-state index contributed by atoms with van der Waals surface area (Å²) in [7, 11) is 1.59. The number of nitrogens with zero attached hydrogens (tertiary/aromatic N) is 2. The second-order valence-corrected chi connectivity index (χ2v) is 11.1. The van der Waals surface area contributed by atoms with E-state index in [1.807, 2.05) is 30.0 Å². The van der Waals surface area contributed by atoms with Crippen molar-refractivity contribution in [3.8, 4) is 5.75 Å². The summed E-state index contributed by atoms with van der Waals surface area (Å²) >= 11 is 3.61. The lowest BCUT2D eigenvalue weighted by atomic mass is 9.81. The molecule has 0 aliphatic carbocycles. The standard InChI is InChI=1S/C26H31FN2O3S2/c1-32-19-6-8-24-21(16-19)20(9-11-28-24)23(27)7-5-18-10-13-29(17-22(18)26(30)31)12-3-15-34-25-4-2-14-33-25/h2,4,6,8-9,11,14,16,18,22-23H,3,5,7,10,12-13,15,17H2,1H3,(H,30,31)/t18-,22+,23+/m1/s1. The van der Waals surface area contributed by atoms with Crippen molar-refractivity contribution in [3.63, 3.8) is 0 Å². The molecule has 1 saturated heterocycles. The molecule has 0 unspecified atom stereocenters. The third-order valence-corrected chi connectivity index (χ3v) is 8.84. The highest BCUT2D eigenvalue weighted by molar-refractivity contribution is 8.01. The number of likely N-dealkylation sites (tertiary alicyclic amines) is 1. The number of carbonyl (C=O) groups is 1. The van der Waals surface area contributed by atoms with E-state index in [4.69, 9.17) is 4.74 Å². The Balaban J connectivity index is 1.31. The Hall–Kier alpha value is -2.16. The maximum absolute atomic E-state index is 15.4. The summed E-state index contributed by atoms with van der Waals surface area (Å²) in [6, 6.07) is 11.4. The highest BCUT2D eigenvalue weighted by atomic mass is 32.2. The van der Waals surface area contributed by atoms with Gasteiger partial charge in [0.15, 0.2) is 0 Å². The average molecular weight is 503 g/mol. The maximum Gasteiger partial charge on any atom is 0.308 e. The van der Waals surface area contributed by atoms with Crippen LogP contribution < -0.4 is 4.74 Å². The van der Waals surface area contributed by atoms with Crippen LogP contribution >= 0.6 is 23.1 Å². The van der Waals surface area contributed by atoms with Crippen LogP contribution in [0.25, 0.3) is 10.9 Å². The quantitative estimate of drug-likeness (QED) is 0.245. The topological polar surface area (TPSA) is 62.7 Å². The smallest absolute Gasteiger partial charge is 0.308 e. The number of thioether (sulfide) groups is 1. The van der Waals surface area contributed by atoms with Gasteiger partial charge in [-0.3, -0.25) is 9.78 Å². The Bertz CT molecular complexity index is 1080. The summed E-state index contributed by atoms with van der Waals surface area (Å²) in [5.41, 5.74) is 1.33. The first-order valence-corrected chi connectivity index (χ1v) is 13.6. The Morgan fingerprint density at radius 3 is 3.03 bits per heavy atom. The van der Waals surface area contributed by atoms with E-state index in [-0.39, 0.29) is 5.92 Å². The molecule has 4 rings (SSSR count). The first kappa shape index (κ1) is 24.9. The van der Waals surface area contributed by atoms with Crippen molar-refractivity contribution in [2.24, 2.45) is 11.8 Å². The maximum atomic E-state index is 15.4. The van der Waals surface area contributed by atoms with Gasteiger partial charge in [0.05, 0.1) is 22.8 Å². The molecule has 3 heterocycles. The molecule has 1 N–H and O–H groups in total. The van der Waals surface area contributed by atoms with Crippen LogP contribution in [0.3, 0.4) is 0 Å². The fraction of sp³-hybridized carbons (Fsp3) is 0.462. The molecule has 8 heteroatoms. The van der Waals surface area contributed by atoms with Crippen molar-refractivity contribution in [3.05, 3.63) is 53.5 Å². The number of aromatic nitrogens is 1. The summed E-state index contributed by atoms with van der Waals surface area (Å²) in [6.07, 6.45) is 3.17. The van der Waals surface area contributed by atoms with Gasteiger partial charge < -0.3 is 14.7 Å². The van der Waals surface area contributed by atoms with Crippen molar-refractivity contribution >= 4 is 40.0 Å². The fourth-order valence-electron chi connectivity index (χ4n) is 4.77. The highest BCUT2D eigenvalue weighted by Crippen LogP contribution is 2.35. The molecule has 0 radical (unpaired) electrons. The Morgan fingerprint density at radius 1 is 1.38 bits per heavy atom. The van der Waals surface area contributed by atoms with E-state index in [1.165, 1.54) is 4.21 Å². The van der Waals surface area contributed by atoms with Crippen LogP contribution in [0.4, 0.5) is 4.39 Å². The van der Waals surface area contributed by atoms with Crippen molar-refractivity contribution < 1.29 is 19.0 Å². The molecule has 1 aromatic carbocycles. The third-order valence-electron chi connectivity index (χ3n) is 6.63. The number of aliphatic carboxylic acids is 1. The molecule has 0 bridgehead atoms. The molecule has 3 atom stereocenters. The lowest BCUT2D eigenvalue weighted by molar-refractivity contribution is -0.146. The van der Waals surface area contributed by atoms with Gasteiger partial charge in [-0.2, -0.15) is 0 Å². The van der Waals surface area contributed by atoms with Gasteiger partial charge in [0, 0.05) is 23.9 Å². The van der Waals surface area contributed by atoms with Gasteiger partial charge in [-0.1, -0.05) is 6.07 Å². The van der Waals surface area contributed by atoms with Crippen LogP contribution in [-0.2, 0) is 4.79 Å². The van der Waals surface area contributed by atoms with Gasteiger partial charge in [-0.25, -0.2) is 4.39 Å². The molecule has 5 nitrogen and oxygen atoms in total. The number of hydrogen-bond acceptors (Lipinski definition) is 6. The third kappa shape index (κ3) is 6.29. The molecular formula is C26H31FN2O3S2. The number of pyridine rings is 1. The van der Waals surface area contributed by atoms with Gasteiger partial charge in [0.2, 0.25) is 0 Å². The normalized spacial score (nSPS) is 19.8. The van der Waals surface area contributed by atoms with E-state index >= 15 is 4.39 Å². The molecule has 0 amide bonds. The van der Waals surface area contributed by atoms with Gasteiger partial charge in [0.25, 0.3) is 0 Å². The van der Waals surface area contributed by atoms with E-state index in [1.54, 1.807) is 30.7 Å². The van der Waals surface area contributed by atoms with Crippen molar-refractivity contribution in [2.75, 3.05) is 32.5 Å². The number of halogens is 1. The van der Waals surface area contributed by atoms with Gasteiger partial charge in [0.1, 0.15) is 11.9 Å². The van der Waals surface area contributed by atoms with E-state index < -0.39 is 18.1 Å². The number of carboxylic acids is 1. The zero-order valence-electron chi connectivity index (χ0n) is 19.4. The molecular weight excluding hydrogens is 471 g/mol. The predicted octanol–water partition coefficient (Wildman–Crippen LogP) is 6.30.